The maximum atomic E-state index is 14.8. The number of nitrogens with one attached hydrogen (secondary N) is 8. The van der Waals surface area contributed by atoms with Crippen molar-refractivity contribution in [2.75, 3.05) is 0 Å². The molecule has 0 aromatic rings. The van der Waals surface area contributed by atoms with Gasteiger partial charge in [-0.25, -0.2) is 4.79 Å². The smallest absolute Gasteiger partial charge is 0.332 e. The van der Waals surface area contributed by atoms with E-state index in [2.05, 4.69) is 42.5 Å². The zero-order valence-corrected chi connectivity index (χ0v) is 49.7. The molecule has 0 radical (unpaired) electrons. The average Bonchev–Trinajstić information content (AvgIpc) is 3.21. The zero-order chi connectivity index (χ0) is 57.7. The molecule has 0 saturated carbocycles. The number of carbonyl (C=O) groups is 9. The molecule has 0 spiro atoms. The van der Waals surface area contributed by atoms with Crippen molar-refractivity contribution in [1.82, 2.24) is 42.5 Å². The van der Waals surface area contributed by atoms with E-state index in [0.717, 1.165) is 0 Å². The summed E-state index contributed by atoms with van der Waals surface area (Å²) in [5, 5.41) is 23.0. The third-order valence-corrected chi connectivity index (χ3v) is 16.4. The van der Waals surface area contributed by atoms with Crippen molar-refractivity contribution in [3.8, 4) is 0 Å². The minimum atomic E-state index is -1.70. The summed E-state index contributed by atoms with van der Waals surface area (Å²) in [7, 11) is 0. The quantitative estimate of drug-likeness (QED) is 0.0556. The summed E-state index contributed by atoms with van der Waals surface area (Å²) < 4.78 is 5.69. The van der Waals surface area contributed by atoms with Gasteiger partial charge in [0.2, 0.25) is 47.3 Å². The fourth-order valence-electron chi connectivity index (χ4n) is 6.98. The molecule has 0 aliphatic carbocycles. The Hall–Kier alpha value is -4.77. The maximum absolute atomic E-state index is 14.8. The van der Waals surface area contributed by atoms with Crippen LogP contribution < -0.4 is 42.5 Å². The lowest BCUT2D eigenvalue weighted by molar-refractivity contribution is -0.167. The lowest BCUT2D eigenvalue weighted by atomic mass is 9.79. The molecular formula is C54H100N8O10. The molecule has 0 saturated heterocycles. The first-order valence-corrected chi connectivity index (χ1v) is 25.8. The van der Waals surface area contributed by atoms with Gasteiger partial charge < -0.3 is 47.3 Å². The molecule has 18 nitrogen and oxygen atoms in total. The molecule has 0 aromatic heterocycles. The van der Waals surface area contributed by atoms with Crippen molar-refractivity contribution in [2.24, 2.45) is 47.3 Å². The number of ether oxygens (including phenoxy) is 1. The predicted molar refractivity (Wildman–Crippen MR) is 283 cm³/mol. The van der Waals surface area contributed by atoms with Crippen LogP contribution in [0.15, 0.2) is 0 Å². The van der Waals surface area contributed by atoms with Crippen molar-refractivity contribution in [3.63, 3.8) is 0 Å². The van der Waals surface area contributed by atoms with Crippen molar-refractivity contribution < 1.29 is 47.9 Å². The van der Waals surface area contributed by atoms with Crippen molar-refractivity contribution in [3.05, 3.63) is 0 Å². The highest BCUT2D eigenvalue weighted by Crippen LogP contribution is 2.31. The van der Waals surface area contributed by atoms with Crippen LogP contribution in [-0.2, 0) is 47.9 Å². The highest BCUT2D eigenvalue weighted by atomic mass is 16.6. The second-order valence-electron chi connectivity index (χ2n) is 25.2. The molecule has 8 atom stereocenters. The molecule has 0 heterocycles. The first-order chi connectivity index (χ1) is 32.0. The molecule has 18 heteroatoms. The van der Waals surface area contributed by atoms with E-state index in [1.165, 1.54) is 34.6 Å². The number of carbonyl (C=O) groups excluding carboxylic acids is 9. The molecule has 0 aliphatic heterocycles. The number of hydrogen-bond acceptors (Lipinski definition) is 10. The van der Waals surface area contributed by atoms with E-state index in [1.807, 2.05) is 0 Å². The van der Waals surface area contributed by atoms with Gasteiger partial charge in [-0.05, 0) is 124 Å². The van der Waals surface area contributed by atoms with Gasteiger partial charge in [0.1, 0.15) is 49.9 Å². The van der Waals surface area contributed by atoms with E-state index in [4.69, 9.17) is 4.74 Å². The summed E-state index contributed by atoms with van der Waals surface area (Å²) in [6.07, 6.45) is 0. The van der Waals surface area contributed by atoms with E-state index in [9.17, 15) is 43.2 Å². The largest absolute Gasteiger partial charge is 0.458 e. The second kappa shape index (κ2) is 23.6. The summed E-state index contributed by atoms with van der Waals surface area (Å²) in [4.78, 5) is 127. The van der Waals surface area contributed by atoms with Crippen LogP contribution in [0.1, 0.15) is 194 Å². The van der Waals surface area contributed by atoms with Gasteiger partial charge in [-0.15, -0.1) is 0 Å². The van der Waals surface area contributed by atoms with Crippen LogP contribution in [0.2, 0.25) is 0 Å². The second-order valence-corrected chi connectivity index (χ2v) is 25.2. The van der Waals surface area contributed by atoms with Crippen molar-refractivity contribution >= 4 is 53.2 Å². The van der Waals surface area contributed by atoms with Crippen LogP contribution in [-0.4, -0.2) is 103 Å². The lowest BCUT2D eigenvalue weighted by Gasteiger charge is -2.45. The molecule has 72 heavy (non-hydrogen) atoms. The Morgan fingerprint density at radius 2 is 0.403 bits per heavy atom. The van der Waals surface area contributed by atoms with Crippen LogP contribution in [0.25, 0.3) is 0 Å². The molecule has 0 aliphatic rings. The number of rotatable bonds is 24. The molecule has 0 rings (SSSR count). The highest BCUT2D eigenvalue weighted by Gasteiger charge is 2.54. The van der Waals surface area contributed by atoms with Crippen molar-refractivity contribution in [1.29, 1.82) is 0 Å². The van der Waals surface area contributed by atoms with Crippen molar-refractivity contribution in [2.45, 2.75) is 244 Å². The van der Waals surface area contributed by atoms with Gasteiger partial charge >= 0.3 is 5.97 Å². The fourth-order valence-corrected chi connectivity index (χ4v) is 6.98. The molecule has 0 fully saturated rings. The fraction of sp³-hybridized carbons (Fsp3) is 0.833. The highest BCUT2D eigenvalue weighted by molar-refractivity contribution is 6.03. The summed E-state index contributed by atoms with van der Waals surface area (Å²) in [6, 6.07) is 0. The predicted octanol–water partition coefficient (Wildman–Crippen LogP) is 5.60. The molecular weight excluding hydrogens is 921 g/mol. The summed E-state index contributed by atoms with van der Waals surface area (Å²) in [5.74, 6) is -9.89. The Morgan fingerprint density at radius 1 is 0.264 bits per heavy atom. The molecule has 0 bridgehead atoms. The van der Waals surface area contributed by atoms with E-state index >= 15 is 0 Å². The van der Waals surface area contributed by atoms with Gasteiger partial charge in [0.25, 0.3) is 0 Å². The van der Waals surface area contributed by atoms with E-state index in [1.54, 1.807) is 159 Å². The van der Waals surface area contributed by atoms with Gasteiger partial charge in [0.15, 0.2) is 0 Å². The third-order valence-electron chi connectivity index (χ3n) is 16.4. The van der Waals surface area contributed by atoms with E-state index in [-0.39, 0.29) is 5.92 Å². The van der Waals surface area contributed by atoms with Gasteiger partial charge in [0.05, 0.1) is 0 Å². The molecule has 8 amide bonds. The molecule has 0 unspecified atom stereocenters. The number of hydrogen-bond donors (Lipinski definition) is 8. The Labute approximate surface area is 433 Å². The Kier molecular flexibility index (Phi) is 22.1. The molecule has 8 N–H and O–H groups in total. The third kappa shape index (κ3) is 14.5. The molecule has 0 aromatic carbocycles. The minimum absolute atomic E-state index is 0.359. The summed E-state index contributed by atoms with van der Waals surface area (Å²) in [5.41, 5.74) is -13.6. The standard InChI is InChI=1S/C54H100N8O10/c1-29(2)47(21,55-37(17)63)38(64)56-48(22,30(3)4)39(65)57-49(23,31(5)6)40(66)58-50(24,32(7)8)41(67)59-51(25,33(9)10)42(68)60-52(26,34(11)12)43(69)61-53(27,35(13)14)44(70)62-54(28,36(15)16)45(71)72-46(18,19)20/h29-36H,1-28H3,(H,55,63)(H,56,64)(H,57,65)(H,58,66)(H,59,67)(H,60,68)(H,61,69)(H,62,70)/t47-,48-,49-,50-,51-,52-,53-,54-/m0/s1. The Morgan fingerprint density at radius 3 is 0.528 bits per heavy atom. The number of esters is 1. The van der Waals surface area contributed by atoms with Crippen LogP contribution in [0.3, 0.4) is 0 Å². The monoisotopic (exact) mass is 1020 g/mol. The maximum Gasteiger partial charge on any atom is 0.332 e. The van der Waals surface area contributed by atoms with Crippen LogP contribution in [0.5, 0.6) is 0 Å². The lowest BCUT2D eigenvalue weighted by Crippen LogP contribution is -2.74. The van der Waals surface area contributed by atoms with Crippen LogP contribution in [0.4, 0.5) is 0 Å². The SMILES string of the molecule is CC(=O)N[C@](C)(C(=O)N[C@](C)(C(=O)N[C@](C)(C(=O)N[C@](C)(C(=O)N[C@](C)(C(=O)N[C@](C)(C(=O)N[C@](C)(C(=O)N[C@](C)(C(=O)OC(C)(C)C)C(C)C)C(C)C)C(C)C)C(C)C)C(C)C)C(C)C)C(C)C)C(C)C. The topological polar surface area (TPSA) is 259 Å². The van der Waals surface area contributed by atoms with Gasteiger partial charge in [-0.1, -0.05) is 111 Å². The van der Waals surface area contributed by atoms with Gasteiger partial charge in [-0.3, -0.25) is 38.4 Å². The van der Waals surface area contributed by atoms with Crippen LogP contribution in [0, 0.1) is 47.3 Å². The normalized spacial score (nSPS) is 19.0. The van der Waals surface area contributed by atoms with E-state index in [0.29, 0.717) is 0 Å². The molecule has 416 valence electrons. The van der Waals surface area contributed by atoms with Gasteiger partial charge in [-0.2, -0.15) is 0 Å². The first kappa shape index (κ1) is 67.2. The van der Waals surface area contributed by atoms with E-state index < -0.39 is 145 Å². The average molecular weight is 1020 g/mol. The van der Waals surface area contributed by atoms with Crippen LogP contribution >= 0.6 is 0 Å². The summed E-state index contributed by atoms with van der Waals surface area (Å²) in [6.45, 7) is 46.8. The Bertz CT molecular complexity index is 2030. The Balaban J connectivity index is 7.12. The summed E-state index contributed by atoms with van der Waals surface area (Å²) >= 11 is 0. The van der Waals surface area contributed by atoms with Gasteiger partial charge in [0, 0.05) is 6.92 Å². The minimum Gasteiger partial charge on any atom is -0.458 e. The zero-order valence-electron chi connectivity index (χ0n) is 49.7. The first-order valence-electron chi connectivity index (χ1n) is 25.8. The number of amides is 8.